The number of methoxy groups -OCH3 is 1. The van der Waals surface area contributed by atoms with Crippen LogP contribution in [-0.4, -0.2) is 18.9 Å². The molecule has 5 heteroatoms. The fourth-order valence-corrected chi connectivity index (χ4v) is 2.98. The van der Waals surface area contributed by atoms with Gasteiger partial charge in [-0.1, -0.05) is 42.5 Å². The summed E-state index contributed by atoms with van der Waals surface area (Å²) in [4.78, 5) is 24.1. The van der Waals surface area contributed by atoms with Gasteiger partial charge >= 0.3 is 5.97 Å². The van der Waals surface area contributed by atoms with Crippen molar-refractivity contribution in [1.29, 1.82) is 0 Å². The molecule has 0 N–H and O–H groups in total. The van der Waals surface area contributed by atoms with Crippen molar-refractivity contribution in [2.45, 2.75) is 6.61 Å². The van der Waals surface area contributed by atoms with Crippen molar-refractivity contribution in [3.63, 3.8) is 0 Å². The van der Waals surface area contributed by atoms with Gasteiger partial charge < -0.3 is 14.2 Å². The van der Waals surface area contributed by atoms with E-state index >= 15 is 0 Å². The fourth-order valence-electron chi connectivity index (χ4n) is 2.98. The third-order valence-corrected chi connectivity index (χ3v) is 4.52. The molecule has 0 bridgehead atoms. The van der Waals surface area contributed by atoms with Crippen LogP contribution >= 0.6 is 0 Å². The Morgan fingerprint density at radius 1 is 1.00 bits per heavy atom. The Labute approximate surface area is 168 Å². The second-order valence-electron chi connectivity index (χ2n) is 6.49. The molecule has 29 heavy (non-hydrogen) atoms. The third kappa shape index (κ3) is 4.04. The Kier molecular flexibility index (Phi) is 5.12. The second-order valence-corrected chi connectivity index (χ2v) is 6.49. The van der Waals surface area contributed by atoms with E-state index in [9.17, 15) is 9.59 Å². The molecule has 4 rings (SSSR count). The van der Waals surface area contributed by atoms with Gasteiger partial charge in [-0.2, -0.15) is 0 Å². The smallest absolute Gasteiger partial charge is 0.337 e. The summed E-state index contributed by atoms with van der Waals surface area (Å²) >= 11 is 0. The Hall–Kier alpha value is -3.86. The lowest BCUT2D eigenvalue weighted by atomic mass is 10.1. The minimum absolute atomic E-state index is 0.188. The van der Waals surface area contributed by atoms with E-state index in [1.807, 2.05) is 30.3 Å². The Bertz CT molecular complexity index is 1080. The summed E-state index contributed by atoms with van der Waals surface area (Å²) in [5.74, 6) is 0.729. The van der Waals surface area contributed by atoms with Crippen LogP contribution in [0.3, 0.4) is 0 Å². The number of benzene rings is 3. The average Bonchev–Trinajstić information content (AvgIpc) is 3.07. The summed E-state index contributed by atoms with van der Waals surface area (Å²) in [6.07, 6.45) is 1.65. The molecule has 0 amide bonds. The van der Waals surface area contributed by atoms with Gasteiger partial charge in [0.2, 0.25) is 5.78 Å². The zero-order chi connectivity index (χ0) is 20.2. The van der Waals surface area contributed by atoms with Gasteiger partial charge in [0.15, 0.2) is 5.76 Å². The lowest BCUT2D eigenvalue weighted by Crippen LogP contribution is -2.01. The predicted octanol–water partition coefficient (Wildman–Crippen LogP) is 4.67. The highest BCUT2D eigenvalue weighted by Crippen LogP contribution is 2.35. The molecule has 3 aromatic carbocycles. The van der Waals surface area contributed by atoms with Crippen molar-refractivity contribution in [3.05, 3.63) is 101 Å². The average molecular weight is 386 g/mol. The van der Waals surface area contributed by atoms with E-state index in [0.29, 0.717) is 29.2 Å². The first-order valence-corrected chi connectivity index (χ1v) is 9.07. The van der Waals surface area contributed by atoms with Crippen LogP contribution in [0.15, 0.2) is 78.6 Å². The van der Waals surface area contributed by atoms with E-state index in [2.05, 4.69) is 4.74 Å². The molecule has 0 unspecified atom stereocenters. The van der Waals surface area contributed by atoms with Crippen molar-refractivity contribution in [2.75, 3.05) is 7.11 Å². The van der Waals surface area contributed by atoms with Crippen molar-refractivity contribution in [1.82, 2.24) is 0 Å². The summed E-state index contributed by atoms with van der Waals surface area (Å²) in [5, 5.41) is 0. The topological polar surface area (TPSA) is 61.8 Å². The van der Waals surface area contributed by atoms with Crippen LogP contribution in [0.5, 0.6) is 11.5 Å². The lowest BCUT2D eigenvalue weighted by molar-refractivity contribution is 0.0600. The Morgan fingerprint density at radius 3 is 2.48 bits per heavy atom. The number of esters is 1. The van der Waals surface area contributed by atoms with E-state index in [4.69, 9.17) is 9.47 Å². The molecule has 5 nitrogen and oxygen atoms in total. The van der Waals surface area contributed by atoms with Crippen molar-refractivity contribution in [3.8, 4) is 11.5 Å². The number of carbonyl (C=O) groups is 2. The summed E-state index contributed by atoms with van der Waals surface area (Å²) < 4.78 is 16.2. The minimum Gasteiger partial charge on any atom is -0.489 e. The molecule has 1 aliphatic heterocycles. The fraction of sp³-hybridized carbons (Fsp3) is 0.0833. The van der Waals surface area contributed by atoms with Gasteiger partial charge in [0.25, 0.3) is 0 Å². The van der Waals surface area contributed by atoms with E-state index in [1.165, 1.54) is 7.11 Å². The molecule has 3 aromatic rings. The molecule has 1 aliphatic rings. The molecular weight excluding hydrogens is 368 g/mol. The molecule has 0 atom stereocenters. The van der Waals surface area contributed by atoms with Gasteiger partial charge in [0.05, 0.1) is 18.2 Å². The quantitative estimate of drug-likeness (QED) is 0.471. The molecule has 1 heterocycles. The van der Waals surface area contributed by atoms with Gasteiger partial charge in [-0.25, -0.2) is 4.79 Å². The van der Waals surface area contributed by atoms with E-state index < -0.39 is 5.97 Å². The van der Waals surface area contributed by atoms with Crippen molar-refractivity contribution >= 4 is 17.8 Å². The normalized spacial score (nSPS) is 13.7. The maximum absolute atomic E-state index is 12.6. The largest absolute Gasteiger partial charge is 0.489 e. The molecule has 0 radical (unpaired) electrons. The van der Waals surface area contributed by atoms with Crippen molar-refractivity contribution in [2.24, 2.45) is 0 Å². The summed E-state index contributed by atoms with van der Waals surface area (Å²) in [6.45, 7) is 0.433. The van der Waals surface area contributed by atoms with Crippen LogP contribution in [-0.2, 0) is 11.3 Å². The maximum Gasteiger partial charge on any atom is 0.337 e. The second kappa shape index (κ2) is 8.02. The highest BCUT2D eigenvalue weighted by atomic mass is 16.5. The van der Waals surface area contributed by atoms with Gasteiger partial charge in [-0.3, -0.25) is 4.79 Å². The first kappa shape index (κ1) is 18.5. The molecule has 0 saturated carbocycles. The Morgan fingerprint density at radius 2 is 1.76 bits per heavy atom. The highest BCUT2D eigenvalue weighted by Gasteiger charge is 2.27. The monoisotopic (exact) mass is 386 g/mol. The Balaban J connectivity index is 1.49. The lowest BCUT2D eigenvalue weighted by Gasteiger charge is -2.07. The number of hydrogen-bond donors (Lipinski definition) is 0. The van der Waals surface area contributed by atoms with Gasteiger partial charge in [-0.05, 0) is 41.5 Å². The predicted molar refractivity (Wildman–Crippen MR) is 108 cm³/mol. The molecule has 0 aliphatic carbocycles. The van der Waals surface area contributed by atoms with E-state index in [0.717, 1.165) is 11.1 Å². The summed E-state index contributed by atoms with van der Waals surface area (Å²) in [7, 11) is 1.33. The summed E-state index contributed by atoms with van der Waals surface area (Å²) in [5.41, 5.74) is 2.74. The van der Waals surface area contributed by atoms with Crippen molar-refractivity contribution < 1.29 is 23.8 Å². The molecule has 0 fully saturated rings. The third-order valence-electron chi connectivity index (χ3n) is 4.52. The molecule has 144 valence electrons. The van der Waals surface area contributed by atoms with Crippen LogP contribution in [0.1, 0.15) is 31.8 Å². The number of allylic oxidation sites excluding steroid dienone is 1. The van der Waals surface area contributed by atoms with Crippen LogP contribution in [0, 0.1) is 0 Å². The van der Waals surface area contributed by atoms with Gasteiger partial charge in [0.1, 0.15) is 18.1 Å². The molecule has 0 aromatic heterocycles. The number of Topliss-reactive ketones (excluding diaryl/α,β-unsaturated/α-hetero) is 1. The minimum atomic E-state index is -0.409. The standard InChI is InChI=1S/C24H18O5/c1-27-24(26)18-9-7-16(8-10-18)13-22-23(25)20-12-11-19(14-21(20)29-22)28-15-17-5-3-2-4-6-17/h2-14H,15H2,1H3. The number of carbonyl (C=O) groups excluding carboxylic acids is 2. The number of ether oxygens (including phenoxy) is 3. The van der Waals surface area contributed by atoms with E-state index in [-0.39, 0.29) is 11.5 Å². The first-order chi connectivity index (χ1) is 14.1. The molecular formula is C24H18O5. The van der Waals surface area contributed by atoms with E-state index in [1.54, 1.807) is 48.5 Å². The number of rotatable bonds is 5. The molecule has 0 saturated heterocycles. The van der Waals surface area contributed by atoms with Gasteiger partial charge in [-0.15, -0.1) is 0 Å². The number of ketones is 1. The van der Waals surface area contributed by atoms with Crippen LogP contribution in [0.25, 0.3) is 6.08 Å². The number of hydrogen-bond acceptors (Lipinski definition) is 5. The summed E-state index contributed by atoms with van der Waals surface area (Å²) in [6, 6.07) is 21.8. The zero-order valence-electron chi connectivity index (χ0n) is 15.8. The maximum atomic E-state index is 12.6. The zero-order valence-corrected chi connectivity index (χ0v) is 15.8. The SMILES string of the molecule is COC(=O)c1ccc(C=C2Oc3cc(OCc4ccccc4)ccc3C2=O)cc1. The molecule has 0 spiro atoms. The van der Waals surface area contributed by atoms with Gasteiger partial charge in [0, 0.05) is 6.07 Å². The van der Waals surface area contributed by atoms with Crippen LogP contribution < -0.4 is 9.47 Å². The highest BCUT2D eigenvalue weighted by molar-refractivity contribution is 6.14. The first-order valence-electron chi connectivity index (χ1n) is 9.07. The number of fused-ring (bicyclic) bond motifs is 1. The van der Waals surface area contributed by atoms with Crippen LogP contribution in [0.2, 0.25) is 0 Å². The van der Waals surface area contributed by atoms with Crippen LogP contribution in [0.4, 0.5) is 0 Å².